The molecule has 5 heteroatoms. The highest BCUT2D eigenvalue weighted by Gasteiger charge is 2.18. The van der Waals surface area contributed by atoms with E-state index in [4.69, 9.17) is 4.74 Å². The van der Waals surface area contributed by atoms with Crippen molar-refractivity contribution in [3.05, 3.63) is 102 Å². The summed E-state index contributed by atoms with van der Waals surface area (Å²) >= 11 is 1.68. The van der Waals surface area contributed by atoms with E-state index in [2.05, 4.69) is 51.2 Å². The quantitative estimate of drug-likeness (QED) is 0.411. The van der Waals surface area contributed by atoms with Gasteiger partial charge in [-0.25, -0.2) is 0 Å². The molecule has 0 saturated carbocycles. The van der Waals surface area contributed by atoms with Gasteiger partial charge < -0.3 is 4.74 Å². The van der Waals surface area contributed by atoms with Crippen LogP contribution in [0.5, 0.6) is 5.75 Å². The maximum absolute atomic E-state index is 5.61. The number of hydrogen-bond acceptors (Lipinski definition) is 4. The molecule has 0 amide bonds. The van der Waals surface area contributed by atoms with E-state index in [-0.39, 0.29) is 0 Å². The lowest BCUT2D eigenvalue weighted by Gasteiger charge is -2.14. The molecule has 140 valence electrons. The second-order valence-electron chi connectivity index (χ2n) is 6.34. The van der Waals surface area contributed by atoms with E-state index in [9.17, 15) is 0 Å². The Morgan fingerprint density at radius 1 is 0.786 bits per heavy atom. The van der Waals surface area contributed by atoms with Gasteiger partial charge in [-0.3, -0.25) is 4.57 Å². The van der Waals surface area contributed by atoms with Crippen molar-refractivity contribution in [2.75, 3.05) is 7.11 Å². The molecule has 4 aromatic rings. The van der Waals surface area contributed by atoms with E-state index in [0.29, 0.717) is 6.42 Å². The lowest BCUT2D eigenvalue weighted by atomic mass is 10.1. The number of hydrogen-bond donors (Lipinski definition) is 0. The van der Waals surface area contributed by atoms with Crippen LogP contribution in [0.15, 0.2) is 90.1 Å². The molecule has 0 atom stereocenters. The first-order valence-electron chi connectivity index (χ1n) is 9.13. The van der Waals surface area contributed by atoms with Gasteiger partial charge in [-0.15, -0.1) is 10.2 Å². The number of rotatable bonds is 7. The van der Waals surface area contributed by atoms with Crippen LogP contribution in [0.3, 0.4) is 0 Å². The third-order valence-electron chi connectivity index (χ3n) is 4.44. The average molecular weight is 388 g/mol. The number of nitrogens with zero attached hydrogens (tertiary/aromatic N) is 3. The van der Waals surface area contributed by atoms with Crippen molar-refractivity contribution in [2.45, 2.75) is 17.3 Å². The van der Waals surface area contributed by atoms with Gasteiger partial charge >= 0.3 is 0 Å². The molecule has 4 rings (SSSR count). The Labute approximate surface area is 169 Å². The van der Waals surface area contributed by atoms with Crippen molar-refractivity contribution >= 4 is 11.8 Å². The fourth-order valence-electron chi connectivity index (χ4n) is 3.07. The molecule has 0 bridgehead atoms. The molecule has 28 heavy (non-hydrogen) atoms. The van der Waals surface area contributed by atoms with Gasteiger partial charge in [-0.2, -0.15) is 0 Å². The second-order valence-corrected chi connectivity index (χ2v) is 7.29. The molecular weight excluding hydrogens is 366 g/mol. The van der Waals surface area contributed by atoms with E-state index in [1.54, 1.807) is 18.9 Å². The number of aromatic nitrogens is 3. The van der Waals surface area contributed by atoms with Crippen molar-refractivity contribution in [1.29, 1.82) is 0 Å². The van der Waals surface area contributed by atoms with E-state index >= 15 is 0 Å². The third-order valence-corrected chi connectivity index (χ3v) is 5.44. The van der Waals surface area contributed by atoms with Gasteiger partial charge in [-0.05, 0) is 23.3 Å². The van der Waals surface area contributed by atoms with Crippen molar-refractivity contribution in [1.82, 2.24) is 14.8 Å². The van der Waals surface area contributed by atoms with E-state index in [1.807, 2.05) is 48.5 Å². The Hall–Kier alpha value is -3.05. The Balaban J connectivity index is 1.71. The van der Waals surface area contributed by atoms with Crippen LogP contribution in [0.2, 0.25) is 0 Å². The predicted molar refractivity (Wildman–Crippen MR) is 113 cm³/mol. The standard InChI is InChI=1S/C23H21N3OS/c1-27-21-15-9-8-14-20(21)26-22(16-18-10-4-2-5-11-18)24-25-23(26)28-17-19-12-6-3-7-13-19/h2-15H,16-17H2,1H3. The first-order valence-corrected chi connectivity index (χ1v) is 10.1. The fourth-order valence-corrected chi connectivity index (χ4v) is 3.98. The summed E-state index contributed by atoms with van der Waals surface area (Å²) in [4.78, 5) is 0. The third kappa shape index (κ3) is 4.10. The largest absolute Gasteiger partial charge is 0.495 e. The van der Waals surface area contributed by atoms with Crippen molar-refractivity contribution in [3.63, 3.8) is 0 Å². The minimum absolute atomic E-state index is 0.706. The first kappa shape index (κ1) is 18.3. The Kier molecular flexibility index (Phi) is 5.73. The van der Waals surface area contributed by atoms with Crippen LogP contribution >= 0.6 is 11.8 Å². The summed E-state index contributed by atoms with van der Waals surface area (Å²) in [5.41, 5.74) is 3.41. The number of methoxy groups -OCH3 is 1. The lowest BCUT2D eigenvalue weighted by Crippen LogP contribution is -2.05. The molecule has 0 fully saturated rings. The zero-order valence-corrected chi connectivity index (χ0v) is 16.5. The SMILES string of the molecule is COc1ccccc1-n1c(Cc2ccccc2)nnc1SCc1ccccc1. The maximum atomic E-state index is 5.61. The van der Waals surface area contributed by atoms with Crippen molar-refractivity contribution in [2.24, 2.45) is 0 Å². The summed E-state index contributed by atoms with van der Waals surface area (Å²) in [7, 11) is 1.69. The molecule has 0 spiro atoms. The molecule has 4 nitrogen and oxygen atoms in total. The van der Waals surface area contributed by atoms with Crippen LogP contribution in [0.1, 0.15) is 17.0 Å². The summed E-state index contributed by atoms with van der Waals surface area (Å²) in [5.74, 6) is 2.53. The Bertz CT molecular complexity index is 1030. The van der Waals surface area contributed by atoms with Gasteiger partial charge in [-0.1, -0.05) is 84.6 Å². The van der Waals surface area contributed by atoms with Crippen LogP contribution < -0.4 is 4.74 Å². The number of para-hydroxylation sites is 2. The van der Waals surface area contributed by atoms with Gasteiger partial charge in [0.2, 0.25) is 0 Å². The molecule has 0 saturated heterocycles. The van der Waals surface area contributed by atoms with Crippen molar-refractivity contribution in [3.8, 4) is 11.4 Å². The maximum Gasteiger partial charge on any atom is 0.196 e. The monoisotopic (exact) mass is 387 g/mol. The smallest absolute Gasteiger partial charge is 0.196 e. The molecular formula is C23H21N3OS. The van der Waals surface area contributed by atoms with Gasteiger partial charge in [0.05, 0.1) is 12.8 Å². The van der Waals surface area contributed by atoms with Gasteiger partial charge in [0.25, 0.3) is 0 Å². The van der Waals surface area contributed by atoms with E-state index < -0.39 is 0 Å². The van der Waals surface area contributed by atoms with Crippen molar-refractivity contribution < 1.29 is 4.74 Å². The van der Waals surface area contributed by atoms with Gasteiger partial charge in [0.15, 0.2) is 5.16 Å². The highest BCUT2D eigenvalue weighted by molar-refractivity contribution is 7.98. The van der Waals surface area contributed by atoms with E-state index in [1.165, 1.54) is 11.1 Å². The summed E-state index contributed by atoms with van der Waals surface area (Å²) < 4.78 is 7.72. The minimum atomic E-state index is 0.706. The summed E-state index contributed by atoms with van der Waals surface area (Å²) in [6.07, 6.45) is 0.706. The van der Waals surface area contributed by atoms with Crippen LogP contribution in [-0.2, 0) is 12.2 Å². The fraction of sp³-hybridized carbons (Fsp3) is 0.130. The van der Waals surface area contributed by atoms with Crippen LogP contribution in [0.4, 0.5) is 0 Å². The number of thioether (sulfide) groups is 1. The van der Waals surface area contributed by atoms with E-state index in [0.717, 1.165) is 28.2 Å². The molecule has 0 radical (unpaired) electrons. The first-order chi connectivity index (χ1) is 13.8. The Morgan fingerprint density at radius 3 is 2.14 bits per heavy atom. The molecule has 3 aromatic carbocycles. The summed E-state index contributed by atoms with van der Waals surface area (Å²) in [5, 5.41) is 9.87. The Morgan fingerprint density at radius 2 is 1.43 bits per heavy atom. The van der Waals surface area contributed by atoms with Crippen LogP contribution in [0, 0.1) is 0 Å². The summed E-state index contributed by atoms with van der Waals surface area (Å²) in [6, 6.07) is 28.7. The normalized spacial score (nSPS) is 10.8. The highest BCUT2D eigenvalue weighted by Crippen LogP contribution is 2.30. The number of ether oxygens (including phenoxy) is 1. The molecule has 1 heterocycles. The van der Waals surface area contributed by atoms with Gasteiger partial charge in [0, 0.05) is 12.2 Å². The lowest BCUT2D eigenvalue weighted by molar-refractivity contribution is 0.411. The topological polar surface area (TPSA) is 39.9 Å². The number of benzene rings is 3. The van der Waals surface area contributed by atoms with Crippen LogP contribution in [0.25, 0.3) is 5.69 Å². The second kappa shape index (κ2) is 8.76. The molecule has 1 aromatic heterocycles. The predicted octanol–water partition coefficient (Wildman–Crippen LogP) is 5.16. The van der Waals surface area contributed by atoms with Gasteiger partial charge in [0.1, 0.15) is 11.6 Å². The minimum Gasteiger partial charge on any atom is -0.495 e. The molecule has 0 N–H and O–H groups in total. The molecule has 0 aliphatic carbocycles. The molecule has 0 unspecified atom stereocenters. The molecule has 0 aliphatic heterocycles. The summed E-state index contributed by atoms with van der Waals surface area (Å²) in [6.45, 7) is 0. The molecule has 0 aliphatic rings. The zero-order chi connectivity index (χ0) is 19.2. The van der Waals surface area contributed by atoms with Crippen LogP contribution in [-0.4, -0.2) is 21.9 Å². The highest BCUT2D eigenvalue weighted by atomic mass is 32.2. The zero-order valence-electron chi connectivity index (χ0n) is 15.7. The average Bonchev–Trinajstić information content (AvgIpc) is 3.15.